The van der Waals surface area contributed by atoms with Crippen molar-refractivity contribution in [2.75, 3.05) is 33.4 Å². The van der Waals surface area contributed by atoms with Gasteiger partial charge in [0.2, 0.25) is 0 Å². The maximum Gasteiger partial charge on any atom is 0.191 e. The van der Waals surface area contributed by atoms with Gasteiger partial charge in [-0.05, 0) is 37.1 Å². The van der Waals surface area contributed by atoms with Crippen molar-refractivity contribution in [3.63, 3.8) is 0 Å². The second-order valence-electron chi connectivity index (χ2n) is 4.93. The first-order valence-corrected chi connectivity index (χ1v) is 7.51. The summed E-state index contributed by atoms with van der Waals surface area (Å²) in [5.74, 6) is 0.559. The standard InChI is InChI=1S/C16H23FN4O/c1-3-18-16(20-8-9-22-2)19-7-6-12-11-21-15-10-13(17)4-5-14(12)15/h4-5,10-11,21H,3,6-9H2,1-2H3,(H2,18,19,20). The number of ether oxygens (including phenoxy) is 1. The highest BCUT2D eigenvalue weighted by atomic mass is 19.1. The van der Waals surface area contributed by atoms with Crippen LogP contribution in [0.4, 0.5) is 4.39 Å². The normalized spacial score (nSPS) is 11.9. The van der Waals surface area contributed by atoms with Crippen LogP contribution in [0.1, 0.15) is 12.5 Å². The Bertz CT molecular complexity index is 624. The van der Waals surface area contributed by atoms with Gasteiger partial charge in [-0.15, -0.1) is 0 Å². The molecule has 0 unspecified atom stereocenters. The Morgan fingerprint density at radius 1 is 1.36 bits per heavy atom. The molecule has 0 aliphatic rings. The number of rotatable bonds is 7. The summed E-state index contributed by atoms with van der Waals surface area (Å²) in [7, 11) is 1.66. The molecule has 0 bridgehead atoms. The summed E-state index contributed by atoms with van der Waals surface area (Å²) in [6, 6.07) is 4.82. The van der Waals surface area contributed by atoms with Crippen LogP contribution in [-0.2, 0) is 11.2 Å². The van der Waals surface area contributed by atoms with Crippen molar-refractivity contribution < 1.29 is 9.13 Å². The molecule has 120 valence electrons. The number of H-pyrrole nitrogens is 1. The summed E-state index contributed by atoms with van der Waals surface area (Å²) in [6.07, 6.45) is 2.76. The van der Waals surface area contributed by atoms with Crippen molar-refractivity contribution >= 4 is 16.9 Å². The minimum atomic E-state index is -0.223. The van der Waals surface area contributed by atoms with E-state index in [0.29, 0.717) is 13.2 Å². The number of hydrogen-bond acceptors (Lipinski definition) is 2. The molecule has 0 aliphatic heterocycles. The second-order valence-corrected chi connectivity index (χ2v) is 4.93. The smallest absolute Gasteiger partial charge is 0.191 e. The number of nitrogens with one attached hydrogen (secondary N) is 3. The predicted molar refractivity (Wildman–Crippen MR) is 87.8 cm³/mol. The number of aromatic nitrogens is 1. The summed E-state index contributed by atoms with van der Waals surface area (Å²) >= 11 is 0. The Kier molecular flexibility index (Phi) is 6.21. The quantitative estimate of drug-likeness (QED) is 0.417. The molecule has 6 heteroatoms. The Morgan fingerprint density at radius 2 is 2.23 bits per heavy atom. The van der Waals surface area contributed by atoms with Crippen LogP contribution in [0.25, 0.3) is 10.9 Å². The number of guanidine groups is 1. The van der Waals surface area contributed by atoms with E-state index in [-0.39, 0.29) is 5.82 Å². The van der Waals surface area contributed by atoms with Crippen LogP contribution in [0.2, 0.25) is 0 Å². The molecule has 1 aromatic carbocycles. The topological polar surface area (TPSA) is 61.4 Å². The highest BCUT2D eigenvalue weighted by Gasteiger charge is 2.05. The van der Waals surface area contributed by atoms with Gasteiger partial charge < -0.3 is 20.4 Å². The molecule has 0 saturated carbocycles. The van der Waals surface area contributed by atoms with Gasteiger partial charge in [0.05, 0.1) is 13.2 Å². The number of nitrogens with zero attached hydrogens (tertiary/aromatic N) is 1. The number of halogens is 1. The monoisotopic (exact) mass is 306 g/mol. The fourth-order valence-corrected chi connectivity index (χ4v) is 2.27. The number of fused-ring (bicyclic) bond motifs is 1. The molecule has 0 radical (unpaired) electrons. The first kappa shape index (κ1) is 16.3. The zero-order valence-electron chi connectivity index (χ0n) is 13.1. The van der Waals surface area contributed by atoms with Gasteiger partial charge in [-0.25, -0.2) is 4.39 Å². The van der Waals surface area contributed by atoms with Crippen molar-refractivity contribution in [3.05, 3.63) is 35.8 Å². The Balaban J connectivity index is 1.91. The van der Waals surface area contributed by atoms with E-state index < -0.39 is 0 Å². The van der Waals surface area contributed by atoms with Gasteiger partial charge in [0, 0.05) is 37.3 Å². The minimum Gasteiger partial charge on any atom is -0.383 e. The summed E-state index contributed by atoms with van der Waals surface area (Å²) < 4.78 is 18.2. The summed E-state index contributed by atoms with van der Waals surface area (Å²) in [5.41, 5.74) is 1.99. The molecule has 2 aromatic rings. The van der Waals surface area contributed by atoms with E-state index in [0.717, 1.165) is 41.9 Å². The number of methoxy groups -OCH3 is 1. The molecular formula is C16H23FN4O. The average Bonchev–Trinajstić information content (AvgIpc) is 2.90. The molecule has 1 heterocycles. The van der Waals surface area contributed by atoms with Crippen LogP contribution in [0.5, 0.6) is 0 Å². The molecule has 1 aromatic heterocycles. The molecule has 0 saturated heterocycles. The van der Waals surface area contributed by atoms with Crippen LogP contribution in [0.15, 0.2) is 29.4 Å². The van der Waals surface area contributed by atoms with Gasteiger partial charge in [-0.1, -0.05) is 0 Å². The largest absolute Gasteiger partial charge is 0.383 e. The van der Waals surface area contributed by atoms with Gasteiger partial charge in [0.15, 0.2) is 5.96 Å². The lowest BCUT2D eigenvalue weighted by Crippen LogP contribution is -2.38. The van der Waals surface area contributed by atoms with Crippen LogP contribution >= 0.6 is 0 Å². The van der Waals surface area contributed by atoms with E-state index in [1.165, 1.54) is 12.1 Å². The summed E-state index contributed by atoms with van der Waals surface area (Å²) in [5, 5.41) is 7.54. The van der Waals surface area contributed by atoms with Crippen LogP contribution in [0, 0.1) is 5.82 Å². The minimum absolute atomic E-state index is 0.223. The number of benzene rings is 1. The first-order chi connectivity index (χ1) is 10.7. The SMILES string of the molecule is CCNC(=NCCOC)NCCc1c[nH]c2cc(F)ccc12. The molecule has 2 rings (SSSR count). The molecule has 0 atom stereocenters. The average molecular weight is 306 g/mol. The zero-order chi connectivity index (χ0) is 15.8. The molecule has 5 nitrogen and oxygen atoms in total. The van der Waals surface area contributed by atoms with E-state index in [2.05, 4.69) is 20.6 Å². The Morgan fingerprint density at radius 3 is 3.00 bits per heavy atom. The Labute approximate surface area is 130 Å². The number of hydrogen-bond donors (Lipinski definition) is 3. The Hall–Kier alpha value is -2.08. The highest BCUT2D eigenvalue weighted by molar-refractivity contribution is 5.83. The van der Waals surface area contributed by atoms with E-state index in [4.69, 9.17) is 4.74 Å². The molecule has 0 amide bonds. The van der Waals surface area contributed by atoms with Gasteiger partial charge in [0.25, 0.3) is 0 Å². The fraction of sp³-hybridized carbons (Fsp3) is 0.438. The predicted octanol–water partition coefficient (Wildman–Crippen LogP) is 2.05. The molecule has 3 N–H and O–H groups in total. The lowest BCUT2D eigenvalue weighted by Gasteiger charge is -2.10. The lowest BCUT2D eigenvalue weighted by molar-refractivity contribution is 0.208. The summed E-state index contributed by atoms with van der Waals surface area (Å²) in [4.78, 5) is 7.51. The van der Waals surface area contributed by atoms with Crippen molar-refractivity contribution in [2.45, 2.75) is 13.3 Å². The third-order valence-corrected chi connectivity index (χ3v) is 3.33. The zero-order valence-corrected chi connectivity index (χ0v) is 13.1. The molecular weight excluding hydrogens is 283 g/mol. The second kappa shape index (κ2) is 8.38. The van der Waals surface area contributed by atoms with E-state index in [1.807, 2.05) is 19.2 Å². The third kappa shape index (κ3) is 4.46. The number of aromatic amines is 1. The molecule has 0 aliphatic carbocycles. The molecule has 0 spiro atoms. The molecule has 0 fully saturated rings. The van der Waals surface area contributed by atoms with E-state index in [9.17, 15) is 4.39 Å². The van der Waals surface area contributed by atoms with Crippen molar-refractivity contribution in [1.82, 2.24) is 15.6 Å². The maximum absolute atomic E-state index is 13.2. The maximum atomic E-state index is 13.2. The van der Waals surface area contributed by atoms with Crippen molar-refractivity contribution in [3.8, 4) is 0 Å². The van der Waals surface area contributed by atoms with Crippen LogP contribution in [-0.4, -0.2) is 44.3 Å². The summed E-state index contributed by atoms with van der Waals surface area (Å²) in [6.45, 7) is 4.82. The van der Waals surface area contributed by atoms with Gasteiger partial charge in [0.1, 0.15) is 5.82 Å². The fourth-order valence-electron chi connectivity index (χ4n) is 2.27. The third-order valence-electron chi connectivity index (χ3n) is 3.33. The number of aliphatic imine (C=N–C) groups is 1. The van der Waals surface area contributed by atoms with Gasteiger partial charge in [-0.3, -0.25) is 4.99 Å². The van der Waals surface area contributed by atoms with Gasteiger partial charge >= 0.3 is 0 Å². The lowest BCUT2D eigenvalue weighted by atomic mass is 10.1. The highest BCUT2D eigenvalue weighted by Crippen LogP contribution is 2.19. The van der Waals surface area contributed by atoms with E-state index >= 15 is 0 Å². The van der Waals surface area contributed by atoms with Crippen molar-refractivity contribution in [1.29, 1.82) is 0 Å². The molecule has 22 heavy (non-hydrogen) atoms. The van der Waals surface area contributed by atoms with Crippen LogP contribution < -0.4 is 10.6 Å². The first-order valence-electron chi connectivity index (χ1n) is 7.51. The van der Waals surface area contributed by atoms with Crippen molar-refractivity contribution in [2.24, 2.45) is 4.99 Å². The van der Waals surface area contributed by atoms with E-state index in [1.54, 1.807) is 7.11 Å². The van der Waals surface area contributed by atoms with Gasteiger partial charge in [-0.2, -0.15) is 0 Å². The van der Waals surface area contributed by atoms with Crippen LogP contribution in [0.3, 0.4) is 0 Å².